The van der Waals surface area contributed by atoms with Crippen LogP contribution in [0.5, 0.6) is 17.2 Å². The van der Waals surface area contributed by atoms with Crippen LogP contribution in [0.1, 0.15) is 12.5 Å². The first-order chi connectivity index (χ1) is 10.7. The predicted octanol–water partition coefficient (Wildman–Crippen LogP) is 3.46. The molecule has 2 aromatic rings. The summed E-state index contributed by atoms with van der Waals surface area (Å²) in [6.45, 7) is 2.11. The maximum Gasteiger partial charge on any atom is 0.330 e. The molecular weight excluding hydrogens is 282 g/mol. The molecule has 0 unspecified atom stereocenters. The van der Waals surface area contributed by atoms with E-state index in [0.717, 1.165) is 5.56 Å². The third-order valence-electron chi connectivity index (χ3n) is 2.75. The van der Waals surface area contributed by atoms with E-state index in [0.29, 0.717) is 23.9 Å². The van der Waals surface area contributed by atoms with Gasteiger partial charge in [0.1, 0.15) is 5.75 Å². The first kappa shape index (κ1) is 15.6. The van der Waals surface area contributed by atoms with Crippen LogP contribution in [0.25, 0.3) is 6.08 Å². The Labute approximate surface area is 129 Å². The standard InChI is InChI=1S/C17H17NO4/c1-3-21-17(19)9-7-13-6-8-15(16(11-13)20-2)22-14-5-4-10-18-12-14/h4-12H,3H2,1-2H3. The van der Waals surface area contributed by atoms with Crippen LogP contribution >= 0.6 is 0 Å². The van der Waals surface area contributed by atoms with Crippen molar-refractivity contribution in [3.8, 4) is 17.2 Å². The molecule has 1 aromatic carbocycles. The van der Waals surface area contributed by atoms with Gasteiger partial charge in [-0.05, 0) is 42.8 Å². The van der Waals surface area contributed by atoms with E-state index < -0.39 is 0 Å². The molecule has 5 nitrogen and oxygen atoms in total. The number of hydrogen-bond donors (Lipinski definition) is 0. The highest BCUT2D eigenvalue weighted by atomic mass is 16.5. The molecule has 1 aromatic heterocycles. The van der Waals surface area contributed by atoms with E-state index >= 15 is 0 Å². The molecule has 0 atom stereocenters. The van der Waals surface area contributed by atoms with Crippen molar-refractivity contribution in [2.45, 2.75) is 6.92 Å². The predicted molar refractivity (Wildman–Crippen MR) is 83.0 cm³/mol. The van der Waals surface area contributed by atoms with Gasteiger partial charge >= 0.3 is 5.97 Å². The van der Waals surface area contributed by atoms with Crippen LogP contribution in [-0.4, -0.2) is 24.7 Å². The van der Waals surface area contributed by atoms with Crippen LogP contribution < -0.4 is 9.47 Å². The van der Waals surface area contributed by atoms with E-state index in [1.807, 2.05) is 6.07 Å². The molecule has 0 radical (unpaired) electrons. The summed E-state index contributed by atoms with van der Waals surface area (Å²) < 4.78 is 15.9. The molecule has 0 spiro atoms. The van der Waals surface area contributed by atoms with Gasteiger partial charge in [0.15, 0.2) is 11.5 Å². The van der Waals surface area contributed by atoms with Gasteiger partial charge in [-0.15, -0.1) is 0 Å². The summed E-state index contributed by atoms with van der Waals surface area (Å²) in [6.07, 6.45) is 6.33. The lowest BCUT2D eigenvalue weighted by atomic mass is 10.2. The summed E-state index contributed by atoms with van der Waals surface area (Å²) in [5, 5.41) is 0. The quantitative estimate of drug-likeness (QED) is 0.604. The van der Waals surface area contributed by atoms with E-state index in [2.05, 4.69) is 4.98 Å². The smallest absolute Gasteiger partial charge is 0.330 e. The Bertz CT molecular complexity index is 653. The molecule has 0 saturated carbocycles. The van der Waals surface area contributed by atoms with E-state index in [-0.39, 0.29) is 5.97 Å². The number of hydrogen-bond acceptors (Lipinski definition) is 5. The van der Waals surface area contributed by atoms with Gasteiger partial charge < -0.3 is 14.2 Å². The largest absolute Gasteiger partial charge is 0.493 e. The van der Waals surface area contributed by atoms with Crippen molar-refractivity contribution in [3.05, 3.63) is 54.4 Å². The fraction of sp³-hybridized carbons (Fsp3) is 0.176. The summed E-state index contributed by atoms with van der Waals surface area (Å²) >= 11 is 0. The summed E-state index contributed by atoms with van der Waals surface area (Å²) in [5.41, 5.74) is 0.809. The summed E-state index contributed by atoms with van der Waals surface area (Å²) in [4.78, 5) is 15.3. The minimum Gasteiger partial charge on any atom is -0.493 e. The van der Waals surface area contributed by atoms with Crippen molar-refractivity contribution in [1.29, 1.82) is 0 Å². The molecule has 2 rings (SSSR count). The highest BCUT2D eigenvalue weighted by Crippen LogP contribution is 2.32. The Morgan fingerprint density at radius 1 is 1.27 bits per heavy atom. The second-order valence-corrected chi connectivity index (χ2v) is 4.29. The molecular formula is C17H17NO4. The van der Waals surface area contributed by atoms with E-state index in [1.165, 1.54) is 6.08 Å². The van der Waals surface area contributed by atoms with Gasteiger partial charge in [0.2, 0.25) is 0 Å². The molecule has 0 aliphatic carbocycles. The van der Waals surface area contributed by atoms with Gasteiger partial charge in [-0.3, -0.25) is 4.98 Å². The van der Waals surface area contributed by atoms with Gasteiger partial charge in [-0.2, -0.15) is 0 Å². The van der Waals surface area contributed by atoms with Crippen LogP contribution in [0.3, 0.4) is 0 Å². The maximum absolute atomic E-state index is 11.3. The van der Waals surface area contributed by atoms with Crippen molar-refractivity contribution >= 4 is 12.0 Å². The third kappa shape index (κ3) is 4.34. The number of carbonyl (C=O) groups excluding carboxylic acids is 1. The molecule has 0 amide bonds. The number of benzene rings is 1. The molecule has 0 aliphatic rings. The number of pyridine rings is 1. The molecule has 0 fully saturated rings. The van der Waals surface area contributed by atoms with Crippen molar-refractivity contribution in [3.63, 3.8) is 0 Å². The zero-order valence-corrected chi connectivity index (χ0v) is 12.5. The molecule has 0 bridgehead atoms. The fourth-order valence-electron chi connectivity index (χ4n) is 1.76. The Morgan fingerprint density at radius 2 is 2.14 bits per heavy atom. The van der Waals surface area contributed by atoms with Crippen LogP contribution in [-0.2, 0) is 9.53 Å². The van der Waals surface area contributed by atoms with Crippen LogP contribution in [0.15, 0.2) is 48.8 Å². The highest BCUT2D eigenvalue weighted by Gasteiger charge is 2.06. The second-order valence-electron chi connectivity index (χ2n) is 4.29. The molecule has 114 valence electrons. The van der Waals surface area contributed by atoms with Gasteiger partial charge in [-0.25, -0.2) is 4.79 Å². The Kier molecular flexibility index (Phi) is 5.54. The average molecular weight is 299 g/mol. The van der Waals surface area contributed by atoms with Gasteiger partial charge in [0.05, 0.1) is 19.9 Å². The molecule has 1 heterocycles. The molecule has 22 heavy (non-hydrogen) atoms. The summed E-state index contributed by atoms with van der Waals surface area (Å²) in [7, 11) is 1.56. The zero-order chi connectivity index (χ0) is 15.8. The normalized spacial score (nSPS) is 10.5. The SMILES string of the molecule is CCOC(=O)C=Cc1ccc(Oc2cccnc2)c(OC)c1. The Balaban J connectivity index is 2.15. The monoisotopic (exact) mass is 299 g/mol. The summed E-state index contributed by atoms with van der Waals surface area (Å²) in [6, 6.07) is 8.97. The first-order valence-corrected chi connectivity index (χ1v) is 6.83. The highest BCUT2D eigenvalue weighted by molar-refractivity contribution is 5.87. The van der Waals surface area contributed by atoms with Gasteiger partial charge in [0.25, 0.3) is 0 Å². The van der Waals surface area contributed by atoms with Gasteiger partial charge in [0, 0.05) is 12.3 Å². The Hall–Kier alpha value is -2.82. The van der Waals surface area contributed by atoms with Crippen LogP contribution in [0.4, 0.5) is 0 Å². The number of ether oxygens (including phenoxy) is 3. The van der Waals surface area contributed by atoms with Crippen molar-refractivity contribution < 1.29 is 19.0 Å². The molecule has 0 aliphatic heterocycles. The number of aromatic nitrogens is 1. The zero-order valence-electron chi connectivity index (χ0n) is 12.5. The lowest BCUT2D eigenvalue weighted by Gasteiger charge is -2.10. The van der Waals surface area contributed by atoms with Crippen LogP contribution in [0, 0.1) is 0 Å². The van der Waals surface area contributed by atoms with Crippen molar-refractivity contribution in [2.75, 3.05) is 13.7 Å². The summed E-state index contributed by atoms with van der Waals surface area (Å²) in [5.74, 6) is 1.38. The van der Waals surface area contributed by atoms with Gasteiger partial charge in [-0.1, -0.05) is 6.07 Å². The fourth-order valence-corrected chi connectivity index (χ4v) is 1.76. The second kappa shape index (κ2) is 7.83. The number of methoxy groups -OCH3 is 1. The minimum absolute atomic E-state index is 0.352. The van der Waals surface area contributed by atoms with Crippen LogP contribution in [0.2, 0.25) is 0 Å². The third-order valence-corrected chi connectivity index (χ3v) is 2.75. The topological polar surface area (TPSA) is 57.7 Å². The molecule has 5 heteroatoms. The van der Waals surface area contributed by atoms with Crippen molar-refractivity contribution in [1.82, 2.24) is 4.98 Å². The molecule has 0 saturated heterocycles. The van der Waals surface area contributed by atoms with Crippen molar-refractivity contribution in [2.24, 2.45) is 0 Å². The number of rotatable bonds is 6. The lowest BCUT2D eigenvalue weighted by molar-refractivity contribution is -0.137. The van der Waals surface area contributed by atoms with E-state index in [1.54, 1.807) is 56.8 Å². The van der Waals surface area contributed by atoms with E-state index in [4.69, 9.17) is 14.2 Å². The molecule has 0 N–H and O–H groups in total. The minimum atomic E-state index is -0.378. The average Bonchev–Trinajstić information content (AvgIpc) is 2.55. The number of nitrogens with zero attached hydrogens (tertiary/aromatic N) is 1. The first-order valence-electron chi connectivity index (χ1n) is 6.83. The maximum atomic E-state index is 11.3. The Morgan fingerprint density at radius 3 is 2.82 bits per heavy atom. The van der Waals surface area contributed by atoms with E-state index in [9.17, 15) is 4.79 Å². The lowest BCUT2D eigenvalue weighted by Crippen LogP contribution is -1.98. The number of esters is 1. The number of carbonyl (C=O) groups is 1.